The lowest BCUT2D eigenvalue weighted by atomic mass is 10.1. The molecule has 258 valence electrons. The molecule has 2 unspecified atom stereocenters. The van der Waals surface area contributed by atoms with Crippen molar-refractivity contribution in [3.8, 4) is 0 Å². The maximum Gasteiger partial charge on any atom is 0.472 e. The van der Waals surface area contributed by atoms with Crippen LogP contribution in [-0.2, 0) is 32.7 Å². The lowest BCUT2D eigenvalue weighted by Gasteiger charge is -2.20. The topological polar surface area (TPSA) is 149 Å². The average molecular weight is 657 g/mol. The van der Waals surface area contributed by atoms with Gasteiger partial charge in [-0.15, -0.1) is 0 Å². The minimum atomic E-state index is -4.64. The number of rotatable bonds is 29. The van der Waals surface area contributed by atoms with Crippen LogP contribution < -0.4 is 0 Å². The molecule has 0 aromatic carbocycles. The predicted octanol–water partition coefficient (Wildman–Crippen LogP) is 7.21. The second kappa shape index (κ2) is 30.3. The van der Waals surface area contributed by atoms with Crippen molar-refractivity contribution in [3.63, 3.8) is 0 Å². The highest BCUT2D eigenvalue weighted by Crippen LogP contribution is 2.43. The van der Waals surface area contributed by atoms with E-state index in [1.54, 1.807) is 6.08 Å². The highest BCUT2D eigenvalue weighted by atomic mass is 31.2. The van der Waals surface area contributed by atoms with Crippen molar-refractivity contribution < 1.29 is 47.8 Å². The second-order valence-corrected chi connectivity index (χ2v) is 11.9. The summed E-state index contributed by atoms with van der Waals surface area (Å²) in [4.78, 5) is 34.4. The highest BCUT2D eigenvalue weighted by Gasteiger charge is 2.27. The smallest absolute Gasteiger partial charge is 0.461 e. The zero-order chi connectivity index (χ0) is 33.4. The van der Waals surface area contributed by atoms with Crippen molar-refractivity contribution in [2.75, 3.05) is 26.4 Å². The van der Waals surface area contributed by atoms with Crippen molar-refractivity contribution in [1.29, 1.82) is 0 Å². The third-order valence-corrected chi connectivity index (χ3v) is 7.15. The van der Waals surface area contributed by atoms with Crippen molar-refractivity contribution in [1.82, 2.24) is 0 Å². The van der Waals surface area contributed by atoms with E-state index in [4.69, 9.17) is 19.1 Å². The largest absolute Gasteiger partial charge is 0.472 e. The van der Waals surface area contributed by atoms with Gasteiger partial charge in [-0.3, -0.25) is 18.6 Å². The SMILES string of the molecule is CC/C=C/C/C=C/C/C=C/CC(=O)OCC(COP(=O)(O)OC[C@@H](O)CO)OC(=O)CC/C=C/C/C=C/CCCCCCCC. The van der Waals surface area contributed by atoms with Gasteiger partial charge in [0.25, 0.3) is 0 Å². The number of hydrogen-bond donors (Lipinski definition) is 3. The van der Waals surface area contributed by atoms with Crippen LogP contribution in [0.25, 0.3) is 0 Å². The molecule has 0 aliphatic carbocycles. The van der Waals surface area contributed by atoms with E-state index in [-0.39, 0.29) is 19.4 Å². The zero-order valence-corrected chi connectivity index (χ0v) is 28.2. The average Bonchev–Trinajstić information content (AvgIpc) is 3.02. The van der Waals surface area contributed by atoms with Gasteiger partial charge in [0.2, 0.25) is 0 Å². The maximum absolute atomic E-state index is 12.4. The zero-order valence-electron chi connectivity index (χ0n) is 27.3. The number of carbonyl (C=O) groups is 2. The molecule has 11 heteroatoms. The van der Waals surface area contributed by atoms with Crippen LogP contribution in [0.4, 0.5) is 0 Å². The van der Waals surface area contributed by atoms with Gasteiger partial charge in [-0.1, -0.05) is 107 Å². The number of ether oxygens (including phenoxy) is 2. The molecule has 3 atom stereocenters. The van der Waals surface area contributed by atoms with Crippen LogP contribution >= 0.6 is 7.82 Å². The van der Waals surface area contributed by atoms with Gasteiger partial charge in [-0.25, -0.2) is 4.57 Å². The van der Waals surface area contributed by atoms with Gasteiger partial charge in [0.15, 0.2) is 6.10 Å². The third-order valence-electron chi connectivity index (χ3n) is 6.20. The van der Waals surface area contributed by atoms with E-state index in [2.05, 4.69) is 42.7 Å². The van der Waals surface area contributed by atoms with Gasteiger partial charge in [-0.2, -0.15) is 0 Å². The molecule has 0 fully saturated rings. The Bertz CT molecular complexity index is 941. The van der Waals surface area contributed by atoms with Crippen molar-refractivity contribution in [2.24, 2.45) is 0 Å². The molecule has 0 bridgehead atoms. The number of phosphoric acid groups is 1. The Kier molecular flexibility index (Phi) is 28.8. The Morgan fingerprint density at radius 2 is 1.29 bits per heavy atom. The molecular formula is C34H57O10P. The number of phosphoric ester groups is 1. The van der Waals surface area contributed by atoms with Gasteiger partial charge < -0.3 is 24.6 Å². The van der Waals surface area contributed by atoms with E-state index in [1.807, 2.05) is 30.4 Å². The first-order chi connectivity index (χ1) is 21.7. The Hall–Kier alpha value is -2.33. The van der Waals surface area contributed by atoms with E-state index in [0.717, 1.165) is 25.7 Å². The van der Waals surface area contributed by atoms with Crippen molar-refractivity contribution >= 4 is 19.8 Å². The normalized spacial score (nSPS) is 15.0. The van der Waals surface area contributed by atoms with Crippen LogP contribution in [0.3, 0.4) is 0 Å². The summed E-state index contributed by atoms with van der Waals surface area (Å²) in [6, 6.07) is 0. The minimum Gasteiger partial charge on any atom is -0.461 e. The molecule has 0 heterocycles. The lowest BCUT2D eigenvalue weighted by Crippen LogP contribution is -2.29. The number of unbranched alkanes of at least 4 members (excludes halogenated alkanes) is 6. The van der Waals surface area contributed by atoms with Crippen LogP contribution in [0.5, 0.6) is 0 Å². The molecule has 0 amide bonds. The van der Waals surface area contributed by atoms with E-state index in [1.165, 1.54) is 38.5 Å². The predicted molar refractivity (Wildman–Crippen MR) is 177 cm³/mol. The molecule has 0 rings (SSSR count). The van der Waals surface area contributed by atoms with Crippen LogP contribution in [0.2, 0.25) is 0 Å². The summed E-state index contributed by atoms with van der Waals surface area (Å²) in [7, 11) is -4.64. The Morgan fingerprint density at radius 3 is 1.96 bits per heavy atom. The first-order valence-corrected chi connectivity index (χ1v) is 17.7. The summed E-state index contributed by atoms with van der Waals surface area (Å²) >= 11 is 0. The summed E-state index contributed by atoms with van der Waals surface area (Å²) in [5, 5.41) is 18.2. The molecule has 0 aromatic heterocycles. The maximum atomic E-state index is 12.4. The highest BCUT2D eigenvalue weighted by molar-refractivity contribution is 7.47. The van der Waals surface area contributed by atoms with E-state index >= 15 is 0 Å². The summed E-state index contributed by atoms with van der Waals surface area (Å²) in [5.41, 5.74) is 0. The number of carbonyl (C=O) groups excluding carboxylic acids is 2. The molecule has 0 aliphatic rings. The molecule has 10 nitrogen and oxygen atoms in total. The lowest BCUT2D eigenvalue weighted by molar-refractivity contribution is -0.160. The van der Waals surface area contributed by atoms with Gasteiger partial charge >= 0.3 is 19.8 Å². The number of aliphatic hydroxyl groups excluding tert-OH is 2. The number of allylic oxidation sites excluding steroid dienone is 9. The van der Waals surface area contributed by atoms with Crippen molar-refractivity contribution in [2.45, 2.75) is 116 Å². The van der Waals surface area contributed by atoms with Crippen LogP contribution in [0, 0.1) is 0 Å². The third kappa shape index (κ3) is 30.1. The van der Waals surface area contributed by atoms with Gasteiger partial charge in [0, 0.05) is 6.42 Å². The summed E-state index contributed by atoms with van der Waals surface area (Å²) < 4.78 is 32.2. The molecule has 0 saturated heterocycles. The Labute approximate surface area is 270 Å². The molecule has 0 spiro atoms. The fourth-order valence-electron chi connectivity index (χ4n) is 3.69. The molecule has 0 aliphatic heterocycles. The van der Waals surface area contributed by atoms with Gasteiger partial charge in [0.05, 0.1) is 26.2 Å². The first kappa shape index (κ1) is 42.7. The van der Waals surface area contributed by atoms with Crippen LogP contribution in [0.15, 0.2) is 60.8 Å². The number of esters is 2. The first-order valence-electron chi connectivity index (χ1n) is 16.2. The Morgan fingerprint density at radius 1 is 0.711 bits per heavy atom. The fourth-order valence-corrected chi connectivity index (χ4v) is 4.48. The monoisotopic (exact) mass is 656 g/mol. The second-order valence-electron chi connectivity index (χ2n) is 10.5. The van der Waals surface area contributed by atoms with E-state index in [0.29, 0.717) is 12.8 Å². The summed E-state index contributed by atoms with van der Waals surface area (Å²) in [6.07, 6.45) is 29.8. The fraction of sp³-hybridized carbons (Fsp3) is 0.647. The molecule has 45 heavy (non-hydrogen) atoms. The standard InChI is InChI=1S/C34H57O10P/c1-3-5-7-9-11-13-14-15-16-18-20-22-24-26-34(38)44-32(30-43-45(39,40)42-28-31(36)27-35)29-41-33(37)25-23-21-19-17-12-10-8-6-4-2/h6,8,12,15-17,20-23,31-32,35-36H,3-5,7,9-11,13-14,18-19,24-30H2,1-2H3,(H,39,40)/b8-6+,16-15+,17-12+,22-20+,23-21+/t31-,32?/m0/s1. The molecule has 0 radical (unpaired) electrons. The van der Waals surface area contributed by atoms with Gasteiger partial charge in [0.1, 0.15) is 12.7 Å². The van der Waals surface area contributed by atoms with Gasteiger partial charge in [-0.05, 0) is 44.9 Å². The summed E-state index contributed by atoms with van der Waals surface area (Å²) in [5.74, 6) is -1.16. The molecule has 3 N–H and O–H groups in total. The Balaban J connectivity index is 4.66. The van der Waals surface area contributed by atoms with E-state index in [9.17, 15) is 24.2 Å². The molecule has 0 saturated carbocycles. The number of hydrogen-bond acceptors (Lipinski definition) is 9. The molecule has 0 aromatic rings. The summed E-state index contributed by atoms with van der Waals surface area (Å²) in [6.45, 7) is 2.01. The van der Waals surface area contributed by atoms with E-state index < -0.39 is 51.8 Å². The van der Waals surface area contributed by atoms with Crippen LogP contribution in [0.1, 0.15) is 104 Å². The van der Waals surface area contributed by atoms with Crippen LogP contribution in [-0.4, -0.2) is 65.7 Å². The number of aliphatic hydroxyl groups is 2. The minimum absolute atomic E-state index is 0.00392. The van der Waals surface area contributed by atoms with Crippen molar-refractivity contribution in [3.05, 3.63) is 60.8 Å². The quantitative estimate of drug-likeness (QED) is 0.0326. The molecular weight excluding hydrogens is 599 g/mol.